The molecule has 1 saturated heterocycles. The minimum absolute atomic E-state index is 0.163. The number of aliphatic carboxylic acids is 1. The molecule has 18 heavy (non-hydrogen) atoms. The van der Waals surface area contributed by atoms with Crippen LogP contribution in [0.25, 0.3) is 0 Å². The van der Waals surface area contributed by atoms with Gasteiger partial charge in [-0.15, -0.1) is 0 Å². The van der Waals surface area contributed by atoms with E-state index in [4.69, 9.17) is 9.52 Å². The number of hydrogen-bond donors (Lipinski definition) is 2. The van der Waals surface area contributed by atoms with Crippen molar-refractivity contribution in [2.75, 3.05) is 6.54 Å². The van der Waals surface area contributed by atoms with Crippen molar-refractivity contribution >= 4 is 12.0 Å². The van der Waals surface area contributed by atoms with E-state index < -0.39 is 11.9 Å². The van der Waals surface area contributed by atoms with Gasteiger partial charge in [-0.1, -0.05) is 0 Å². The lowest BCUT2D eigenvalue weighted by Crippen LogP contribution is -2.32. The number of carbonyl (C=O) groups excluding carboxylic acids is 1. The maximum atomic E-state index is 11.8. The van der Waals surface area contributed by atoms with E-state index in [9.17, 15) is 9.59 Å². The van der Waals surface area contributed by atoms with Crippen LogP contribution < -0.4 is 5.32 Å². The largest absolute Gasteiger partial charge is 0.481 e. The Hall–Kier alpha value is -1.98. The number of aryl methyl sites for hydroxylation is 1. The van der Waals surface area contributed by atoms with Crippen LogP contribution in [-0.4, -0.2) is 34.6 Å². The van der Waals surface area contributed by atoms with Crippen LogP contribution in [0, 0.1) is 12.8 Å². The van der Waals surface area contributed by atoms with E-state index >= 15 is 0 Å². The summed E-state index contributed by atoms with van der Waals surface area (Å²) in [5, 5.41) is 11.7. The maximum Gasteiger partial charge on any atom is 0.318 e. The molecule has 1 aromatic heterocycles. The summed E-state index contributed by atoms with van der Waals surface area (Å²) in [4.78, 5) is 24.2. The lowest BCUT2D eigenvalue weighted by atomic mass is 10.2. The zero-order valence-electron chi connectivity index (χ0n) is 9.92. The molecule has 1 saturated carbocycles. The number of rotatable bonds is 3. The van der Waals surface area contributed by atoms with Crippen molar-refractivity contribution in [3.63, 3.8) is 0 Å². The van der Waals surface area contributed by atoms with E-state index in [2.05, 4.69) is 5.32 Å². The third-order valence-corrected chi connectivity index (χ3v) is 3.52. The molecule has 3 unspecified atom stereocenters. The smallest absolute Gasteiger partial charge is 0.318 e. The van der Waals surface area contributed by atoms with Crippen molar-refractivity contribution in [2.45, 2.75) is 25.4 Å². The van der Waals surface area contributed by atoms with Crippen LogP contribution in [0.2, 0.25) is 0 Å². The average Bonchev–Trinajstić information content (AvgIpc) is 2.85. The Bertz CT molecular complexity index is 510. The van der Waals surface area contributed by atoms with E-state index in [0.717, 1.165) is 11.5 Å². The van der Waals surface area contributed by atoms with Crippen LogP contribution >= 0.6 is 0 Å². The van der Waals surface area contributed by atoms with Gasteiger partial charge in [-0.05, 0) is 25.5 Å². The Morgan fingerprint density at radius 1 is 1.56 bits per heavy atom. The van der Waals surface area contributed by atoms with Crippen molar-refractivity contribution in [1.82, 2.24) is 10.2 Å². The fourth-order valence-corrected chi connectivity index (χ4v) is 2.44. The molecular formula is C12H14N2O4. The first-order chi connectivity index (χ1) is 8.56. The number of furan rings is 1. The van der Waals surface area contributed by atoms with E-state index in [0.29, 0.717) is 13.0 Å². The molecule has 2 N–H and O–H groups in total. The standard InChI is InChI=1S/C12H14N2O4/c1-6-2-3-10(18-6)8-5-14(12(17)13-8)9-4-7(9)11(15)16/h2-3,7-9H,4-5H2,1H3,(H,13,17)(H,15,16). The molecule has 6 heteroatoms. The molecule has 1 aromatic rings. The first kappa shape index (κ1) is 11.1. The second-order valence-corrected chi connectivity index (χ2v) is 4.85. The van der Waals surface area contributed by atoms with Gasteiger partial charge >= 0.3 is 12.0 Å². The highest BCUT2D eigenvalue weighted by molar-refractivity contribution is 5.81. The predicted molar refractivity (Wildman–Crippen MR) is 61.0 cm³/mol. The Labute approximate surface area is 104 Å². The summed E-state index contributed by atoms with van der Waals surface area (Å²) in [6.07, 6.45) is 0.548. The number of amides is 2. The van der Waals surface area contributed by atoms with Gasteiger partial charge in [-0.25, -0.2) is 4.79 Å². The highest BCUT2D eigenvalue weighted by Gasteiger charge is 2.51. The lowest BCUT2D eigenvalue weighted by Gasteiger charge is -2.13. The Morgan fingerprint density at radius 3 is 2.89 bits per heavy atom. The van der Waals surface area contributed by atoms with Gasteiger partial charge in [0, 0.05) is 6.04 Å². The van der Waals surface area contributed by atoms with Crippen LogP contribution in [0.15, 0.2) is 16.5 Å². The Morgan fingerprint density at radius 2 is 2.33 bits per heavy atom. The van der Waals surface area contributed by atoms with Crippen LogP contribution in [-0.2, 0) is 4.79 Å². The summed E-state index contributed by atoms with van der Waals surface area (Å²) in [6, 6.07) is 3.14. The van der Waals surface area contributed by atoms with Crippen molar-refractivity contribution in [2.24, 2.45) is 5.92 Å². The van der Waals surface area contributed by atoms with Crippen molar-refractivity contribution in [1.29, 1.82) is 0 Å². The number of hydrogen-bond acceptors (Lipinski definition) is 3. The van der Waals surface area contributed by atoms with Crippen LogP contribution in [0.3, 0.4) is 0 Å². The molecule has 0 radical (unpaired) electrons. The number of carboxylic acids is 1. The summed E-state index contributed by atoms with van der Waals surface area (Å²) in [5.74, 6) is 0.279. The summed E-state index contributed by atoms with van der Waals surface area (Å²) in [5.41, 5.74) is 0. The fraction of sp³-hybridized carbons (Fsp3) is 0.500. The van der Waals surface area contributed by atoms with E-state index in [1.54, 1.807) is 4.90 Å². The zero-order chi connectivity index (χ0) is 12.9. The van der Waals surface area contributed by atoms with Gasteiger partial charge in [0.2, 0.25) is 0 Å². The van der Waals surface area contributed by atoms with E-state index in [1.807, 2.05) is 19.1 Å². The Kier molecular flexibility index (Phi) is 2.33. The van der Waals surface area contributed by atoms with Gasteiger partial charge in [0.1, 0.15) is 17.6 Å². The lowest BCUT2D eigenvalue weighted by molar-refractivity contribution is -0.138. The van der Waals surface area contributed by atoms with E-state index in [-0.39, 0.29) is 18.1 Å². The molecule has 1 aliphatic heterocycles. The number of nitrogens with zero attached hydrogens (tertiary/aromatic N) is 1. The highest BCUT2D eigenvalue weighted by Crippen LogP contribution is 2.39. The molecule has 3 atom stereocenters. The van der Waals surface area contributed by atoms with Gasteiger partial charge < -0.3 is 19.7 Å². The highest BCUT2D eigenvalue weighted by atomic mass is 16.4. The summed E-state index contributed by atoms with van der Waals surface area (Å²) >= 11 is 0. The first-order valence-electron chi connectivity index (χ1n) is 5.92. The number of carbonyl (C=O) groups is 2. The van der Waals surface area contributed by atoms with Crippen molar-refractivity contribution in [3.8, 4) is 0 Å². The van der Waals surface area contributed by atoms with Crippen molar-refractivity contribution in [3.05, 3.63) is 23.7 Å². The van der Waals surface area contributed by atoms with E-state index in [1.165, 1.54) is 0 Å². The molecule has 3 rings (SSSR count). The summed E-state index contributed by atoms with van der Waals surface area (Å²) in [6.45, 7) is 2.32. The normalized spacial score (nSPS) is 30.4. The Balaban J connectivity index is 1.70. The molecule has 96 valence electrons. The number of carboxylic acid groups (broad SMARTS) is 1. The molecule has 0 bridgehead atoms. The summed E-state index contributed by atoms with van der Waals surface area (Å²) < 4.78 is 5.48. The topological polar surface area (TPSA) is 82.8 Å². The SMILES string of the molecule is Cc1ccc(C2CN(C3CC3C(=O)O)C(=O)N2)o1. The quantitative estimate of drug-likeness (QED) is 0.842. The molecular weight excluding hydrogens is 236 g/mol. The maximum absolute atomic E-state index is 11.8. The third-order valence-electron chi connectivity index (χ3n) is 3.52. The van der Waals surface area contributed by atoms with Gasteiger partial charge in [-0.3, -0.25) is 4.79 Å². The monoisotopic (exact) mass is 250 g/mol. The summed E-state index contributed by atoms with van der Waals surface area (Å²) in [7, 11) is 0. The number of urea groups is 1. The second kappa shape index (κ2) is 3.76. The van der Waals surface area contributed by atoms with Gasteiger partial charge in [0.25, 0.3) is 0 Å². The molecule has 0 aromatic carbocycles. The third kappa shape index (κ3) is 1.73. The minimum Gasteiger partial charge on any atom is -0.481 e. The molecule has 6 nitrogen and oxygen atoms in total. The molecule has 2 amide bonds. The molecule has 1 aliphatic carbocycles. The van der Waals surface area contributed by atoms with Crippen molar-refractivity contribution < 1.29 is 19.1 Å². The van der Waals surface area contributed by atoms with Crippen LogP contribution in [0.5, 0.6) is 0 Å². The van der Waals surface area contributed by atoms with Gasteiger partial charge in [0.15, 0.2) is 0 Å². The molecule has 2 heterocycles. The molecule has 2 fully saturated rings. The number of nitrogens with one attached hydrogen (secondary N) is 1. The van der Waals surface area contributed by atoms with Gasteiger partial charge in [0.05, 0.1) is 12.5 Å². The predicted octanol–water partition coefficient (Wildman–Crippen LogP) is 1.13. The first-order valence-corrected chi connectivity index (χ1v) is 5.92. The van der Waals surface area contributed by atoms with Gasteiger partial charge in [-0.2, -0.15) is 0 Å². The second-order valence-electron chi connectivity index (χ2n) is 4.85. The average molecular weight is 250 g/mol. The van der Waals surface area contributed by atoms with Crippen LogP contribution in [0.4, 0.5) is 4.79 Å². The molecule has 2 aliphatic rings. The molecule has 0 spiro atoms. The van der Waals surface area contributed by atoms with Crippen LogP contribution in [0.1, 0.15) is 24.0 Å². The fourth-order valence-electron chi connectivity index (χ4n) is 2.44. The minimum atomic E-state index is -0.829. The zero-order valence-corrected chi connectivity index (χ0v) is 9.92.